The van der Waals surface area contributed by atoms with Gasteiger partial charge in [-0.2, -0.15) is 0 Å². The Bertz CT molecular complexity index is 662. The summed E-state index contributed by atoms with van der Waals surface area (Å²) in [5.74, 6) is 0. The second-order valence-electron chi connectivity index (χ2n) is 3.31. The lowest BCUT2D eigenvalue weighted by Crippen LogP contribution is -2.13. The third-order valence-electron chi connectivity index (χ3n) is 2.00. The molecule has 0 saturated heterocycles. The molecule has 1 aromatic carbocycles. The average molecular weight is 393 g/mol. The highest BCUT2D eigenvalue weighted by Crippen LogP contribution is 2.27. The molecule has 8 heteroatoms. The third kappa shape index (κ3) is 3.06. The molecule has 0 radical (unpaired) electrons. The Balaban J connectivity index is 2.40. The molecule has 1 aromatic heterocycles. The first-order chi connectivity index (χ1) is 8.49. The van der Waals surface area contributed by atoms with Crippen molar-refractivity contribution in [2.45, 2.75) is 4.90 Å². The van der Waals surface area contributed by atoms with Crippen LogP contribution in [-0.4, -0.2) is 18.4 Å². The summed E-state index contributed by atoms with van der Waals surface area (Å²) in [6, 6.07) is 4.91. The van der Waals surface area contributed by atoms with Gasteiger partial charge in [0.1, 0.15) is 11.2 Å². The molecule has 2 rings (SSSR count). The highest BCUT2D eigenvalue weighted by atomic mass is 79.9. The van der Waals surface area contributed by atoms with Gasteiger partial charge < -0.3 is 0 Å². The second kappa shape index (κ2) is 5.33. The normalized spacial score (nSPS) is 11.2. The van der Waals surface area contributed by atoms with E-state index in [9.17, 15) is 8.42 Å². The summed E-state index contributed by atoms with van der Waals surface area (Å²) in [6.45, 7) is 0. The monoisotopic (exact) mass is 391 g/mol. The number of halogens is 2. The first-order valence-corrected chi connectivity index (χ1v) is 7.79. The van der Waals surface area contributed by atoms with Gasteiger partial charge in [-0.05, 0) is 34.1 Å². The summed E-state index contributed by atoms with van der Waals surface area (Å²) in [6.07, 6.45) is 4.10. The van der Waals surface area contributed by atoms with Crippen LogP contribution in [0.2, 0.25) is 0 Å². The summed E-state index contributed by atoms with van der Waals surface area (Å²) in [4.78, 5) is 7.63. The first-order valence-electron chi connectivity index (χ1n) is 4.72. The van der Waals surface area contributed by atoms with E-state index in [1.54, 1.807) is 12.1 Å². The number of aromatic nitrogens is 2. The SMILES string of the molecule is O=S(=O)(Nc1cncnc1)c1cc(Br)ccc1Br. The van der Waals surface area contributed by atoms with E-state index >= 15 is 0 Å². The molecule has 1 N–H and O–H groups in total. The van der Waals surface area contributed by atoms with E-state index in [0.717, 1.165) is 0 Å². The van der Waals surface area contributed by atoms with Crippen molar-refractivity contribution >= 4 is 47.6 Å². The predicted molar refractivity (Wildman–Crippen MR) is 74.7 cm³/mol. The molecule has 0 amide bonds. The van der Waals surface area contributed by atoms with Gasteiger partial charge in [-0.25, -0.2) is 18.4 Å². The highest BCUT2D eigenvalue weighted by molar-refractivity contribution is 9.11. The van der Waals surface area contributed by atoms with Crippen LogP contribution >= 0.6 is 31.9 Å². The summed E-state index contributed by atoms with van der Waals surface area (Å²) >= 11 is 6.44. The molecule has 0 aliphatic heterocycles. The van der Waals surface area contributed by atoms with Gasteiger partial charge in [-0.3, -0.25) is 4.72 Å². The summed E-state index contributed by atoms with van der Waals surface area (Å²) in [5.41, 5.74) is 0.310. The molecule has 0 saturated carbocycles. The molecular formula is C10H7Br2N3O2S. The quantitative estimate of drug-likeness (QED) is 0.871. The van der Waals surface area contributed by atoms with Crippen molar-refractivity contribution in [3.8, 4) is 0 Å². The standard InChI is InChI=1S/C10H7Br2N3O2S/c11-7-1-2-9(12)10(3-7)18(16,17)15-8-4-13-6-14-5-8/h1-6,15H. The number of nitrogens with zero attached hydrogens (tertiary/aromatic N) is 2. The number of hydrogen-bond donors (Lipinski definition) is 1. The van der Waals surface area contributed by atoms with Gasteiger partial charge in [0.25, 0.3) is 10.0 Å². The molecule has 0 fully saturated rings. The van der Waals surface area contributed by atoms with Crippen LogP contribution in [-0.2, 0) is 10.0 Å². The lowest BCUT2D eigenvalue weighted by molar-refractivity contribution is 0.600. The Kier molecular flexibility index (Phi) is 3.98. The van der Waals surface area contributed by atoms with Crippen LogP contribution in [0.25, 0.3) is 0 Å². The lowest BCUT2D eigenvalue weighted by Gasteiger charge is -2.09. The van der Waals surface area contributed by atoms with Crippen molar-refractivity contribution in [3.05, 3.63) is 45.9 Å². The largest absolute Gasteiger partial charge is 0.276 e. The van der Waals surface area contributed by atoms with Gasteiger partial charge in [0.2, 0.25) is 0 Å². The molecule has 0 atom stereocenters. The number of sulfonamides is 1. The van der Waals surface area contributed by atoms with Crippen LogP contribution in [0, 0.1) is 0 Å². The van der Waals surface area contributed by atoms with Crippen molar-refractivity contribution in [1.82, 2.24) is 9.97 Å². The van der Waals surface area contributed by atoms with Crippen molar-refractivity contribution in [2.24, 2.45) is 0 Å². The van der Waals surface area contributed by atoms with E-state index in [2.05, 4.69) is 46.5 Å². The molecule has 2 aromatic rings. The fourth-order valence-electron chi connectivity index (χ4n) is 1.25. The predicted octanol–water partition coefficient (Wildman–Crippen LogP) is 2.80. The van der Waals surface area contributed by atoms with Crippen molar-refractivity contribution < 1.29 is 8.42 Å². The minimum Gasteiger partial charge on any atom is -0.276 e. The van der Waals surface area contributed by atoms with Gasteiger partial charge >= 0.3 is 0 Å². The number of anilines is 1. The highest BCUT2D eigenvalue weighted by Gasteiger charge is 2.18. The molecule has 0 unspecified atom stereocenters. The van der Waals surface area contributed by atoms with Crippen molar-refractivity contribution in [1.29, 1.82) is 0 Å². The van der Waals surface area contributed by atoms with E-state index in [0.29, 0.717) is 14.6 Å². The Labute approximate surface area is 121 Å². The Morgan fingerprint density at radius 3 is 2.44 bits per heavy atom. The first kappa shape index (κ1) is 13.4. The van der Waals surface area contributed by atoms with Crippen LogP contribution < -0.4 is 4.72 Å². The van der Waals surface area contributed by atoms with Crippen LogP contribution in [0.5, 0.6) is 0 Å². The molecule has 1 heterocycles. The fraction of sp³-hybridized carbons (Fsp3) is 0. The van der Waals surface area contributed by atoms with E-state index in [-0.39, 0.29) is 4.90 Å². The van der Waals surface area contributed by atoms with Gasteiger partial charge in [0, 0.05) is 8.95 Å². The number of hydrogen-bond acceptors (Lipinski definition) is 4. The Morgan fingerprint density at radius 2 is 1.78 bits per heavy atom. The number of rotatable bonds is 3. The van der Waals surface area contributed by atoms with Gasteiger partial charge in [-0.1, -0.05) is 15.9 Å². The van der Waals surface area contributed by atoms with Crippen LogP contribution in [0.3, 0.4) is 0 Å². The van der Waals surface area contributed by atoms with Gasteiger partial charge in [0.05, 0.1) is 18.1 Å². The van der Waals surface area contributed by atoms with Crippen LogP contribution in [0.1, 0.15) is 0 Å². The molecule has 94 valence electrons. The fourth-order valence-corrected chi connectivity index (χ4v) is 3.78. The Morgan fingerprint density at radius 1 is 1.11 bits per heavy atom. The minimum absolute atomic E-state index is 0.140. The maximum atomic E-state index is 12.2. The van der Waals surface area contributed by atoms with E-state index in [1.807, 2.05) is 0 Å². The van der Waals surface area contributed by atoms with E-state index < -0.39 is 10.0 Å². The molecule has 0 spiro atoms. The summed E-state index contributed by atoms with van der Waals surface area (Å²) < 4.78 is 27.9. The van der Waals surface area contributed by atoms with Gasteiger partial charge in [0.15, 0.2) is 0 Å². The van der Waals surface area contributed by atoms with Crippen molar-refractivity contribution in [2.75, 3.05) is 4.72 Å². The smallest absolute Gasteiger partial charge is 0.263 e. The zero-order valence-electron chi connectivity index (χ0n) is 8.84. The molecule has 0 aliphatic rings. The maximum absolute atomic E-state index is 12.2. The zero-order chi connectivity index (χ0) is 13.2. The van der Waals surface area contributed by atoms with Crippen LogP contribution in [0.15, 0.2) is 50.8 Å². The second-order valence-corrected chi connectivity index (χ2v) is 6.73. The summed E-state index contributed by atoms with van der Waals surface area (Å²) in [7, 11) is -3.67. The lowest BCUT2D eigenvalue weighted by atomic mass is 10.4. The maximum Gasteiger partial charge on any atom is 0.263 e. The molecule has 18 heavy (non-hydrogen) atoms. The molecule has 0 bridgehead atoms. The minimum atomic E-state index is -3.67. The van der Waals surface area contributed by atoms with E-state index in [4.69, 9.17) is 0 Å². The molecule has 5 nitrogen and oxygen atoms in total. The third-order valence-corrected chi connectivity index (χ3v) is 4.86. The van der Waals surface area contributed by atoms with Gasteiger partial charge in [-0.15, -0.1) is 0 Å². The average Bonchev–Trinajstić information content (AvgIpc) is 2.33. The summed E-state index contributed by atoms with van der Waals surface area (Å²) in [5, 5.41) is 0. The van der Waals surface area contributed by atoms with E-state index in [1.165, 1.54) is 24.8 Å². The molecular weight excluding hydrogens is 386 g/mol. The van der Waals surface area contributed by atoms with Crippen LogP contribution in [0.4, 0.5) is 5.69 Å². The zero-order valence-corrected chi connectivity index (χ0v) is 12.8. The number of benzene rings is 1. The topological polar surface area (TPSA) is 72.0 Å². The van der Waals surface area contributed by atoms with Crippen molar-refractivity contribution in [3.63, 3.8) is 0 Å². The number of nitrogens with one attached hydrogen (secondary N) is 1. The molecule has 0 aliphatic carbocycles. The Hall–Kier alpha value is -0.990.